The number of piperidine rings is 1. The fourth-order valence-corrected chi connectivity index (χ4v) is 5.76. The molecule has 0 aliphatic carbocycles. The van der Waals surface area contributed by atoms with Gasteiger partial charge < -0.3 is 15.0 Å². The summed E-state index contributed by atoms with van der Waals surface area (Å²) < 4.78 is 31.0. The fourth-order valence-electron chi connectivity index (χ4n) is 4.36. The summed E-state index contributed by atoms with van der Waals surface area (Å²) in [4.78, 5) is 14.8. The van der Waals surface area contributed by atoms with E-state index in [-0.39, 0.29) is 23.8 Å². The number of sulfone groups is 1. The summed E-state index contributed by atoms with van der Waals surface area (Å²) in [6.07, 6.45) is 2.92. The Labute approximate surface area is 204 Å². The summed E-state index contributed by atoms with van der Waals surface area (Å²) in [5, 5.41) is 2.98. The molecule has 1 unspecified atom stereocenters. The van der Waals surface area contributed by atoms with E-state index in [0.29, 0.717) is 11.3 Å². The van der Waals surface area contributed by atoms with E-state index in [1.165, 1.54) is 5.56 Å². The number of rotatable bonds is 9. The molecule has 3 rings (SSSR count). The van der Waals surface area contributed by atoms with Crippen LogP contribution in [0.1, 0.15) is 57.9 Å². The van der Waals surface area contributed by atoms with Gasteiger partial charge in [0.05, 0.1) is 10.6 Å². The van der Waals surface area contributed by atoms with Crippen molar-refractivity contribution in [2.75, 3.05) is 25.4 Å². The standard InChI is InChI=1S/C27H38N2O4S/c1-27(2,3)33-26(30)28-24-15-19-29(20-16-24)18-14-23(22-10-6-4-7-11-22)17-21-34(31,32)25-12-8-5-9-13-25/h4-13,23-24H,14-21H2,1-3H3,(H,28,30). The SMILES string of the molecule is CC(C)(C)OC(=O)NC1CCN(CCC(CCS(=O)(=O)c2ccccc2)c2ccccc2)CC1. The first-order chi connectivity index (χ1) is 16.1. The van der Waals surface area contributed by atoms with Crippen molar-refractivity contribution >= 4 is 15.9 Å². The molecule has 2 aromatic carbocycles. The highest BCUT2D eigenvalue weighted by atomic mass is 32.2. The molecular weight excluding hydrogens is 448 g/mol. The predicted molar refractivity (Wildman–Crippen MR) is 136 cm³/mol. The zero-order chi connectivity index (χ0) is 24.6. The molecule has 0 radical (unpaired) electrons. The number of amides is 1. The summed E-state index contributed by atoms with van der Waals surface area (Å²) in [6.45, 7) is 8.31. The molecule has 0 aromatic heterocycles. The zero-order valence-electron chi connectivity index (χ0n) is 20.6. The van der Waals surface area contributed by atoms with E-state index in [1.807, 2.05) is 45.0 Å². The highest BCUT2D eigenvalue weighted by molar-refractivity contribution is 7.91. The average Bonchev–Trinajstić information content (AvgIpc) is 2.80. The van der Waals surface area contributed by atoms with Crippen LogP contribution in [0.25, 0.3) is 0 Å². The Bertz CT molecular complexity index is 996. The lowest BCUT2D eigenvalue weighted by atomic mass is 9.92. The number of benzene rings is 2. The molecule has 1 atom stereocenters. The lowest BCUT2D eigenvalue weighted by Gasteiger charge is -2.33. The molecule has 1 saturated heterocycles. The zero-order valence-corrected chi connectivity index (χ0v) is 21.4. The van der Waals surface area contributed by atoms with Gasteiger partial charge in [-0.3, -0.25) is 0 Å². The van der Waals surface area contributed by atoms with Crippen molar-refractivity contribution < 1.29 is 17.9 Å². The van der Waals surface area contributed by atoms with Crippen molar-refractivity contribution in [1.82, 2.24) is 10.2 Å². The largest absolute Gasteiger partial charge is 0.444 e. The minimum atomic E-state index is -3.30. The van der Waals surface area contributed by atoms with E-state index >= 15 is 0 Å². The van der Waals surface area contributed by atoms with Crippen molar-refractivity contribution in [3.63, 3.8) is 0 Å². The van der Waals surface area contributed by atoms with Gasteiger partial charge in [0.25, 0.3) is 0 Å². The Morgan fingerprint density at radius 2 is 1.59 bits per heavy atom. The Hall–Kier alpha value is -2.38. The summed E-state index contributed by atoms with van der Waals surface area (Å²) in [5.74, 6) is 0.315. The van der Waals surface area contributed by atoms with E-state index in [0.717, 1.165) is 38.9 Å². The van der Waals surface area contributed by atoms with E-state index in [4.69, 9.17) is 4.74 Å². The van der Waals surface area contributed by atoms with Crippen LogP contribution in [0.3, 0.4) is 0 Å². The second kappa shape index (κ2) is 11.8. The summed E-state index contributed by atoms with van der Waals surface area (Å²) in [6, 6.07) is 19.0. The van der Waals surface area contributed by atoms with Crippen LogP contribution in [0.4, 0.5) is 4.79 Å². The molecule has 7 heteroatoms. The number of hydrogen-bond donors (Lipinski definition) is 1. The number of hydrogen-bond acceptors (Lipinski definition) is 5. The third-order valence-corrected chi connectivity index (χ3v) is 7.97. The maximum Gasteiger partial charge on any atom is 0.407 e. The summed E-state index contributed by atoms with van der Waals surface area (Å²) in [5.41, 5.74) is 0.692. The number of nitrogens with one attached hydrogen (secondary N) is 1. The third kappa shape index (κ3) is 8.44. The maximum atomic E-state index is 12.8. The number of nitrogens with zero attached hydrogens (tertiary/aromatic N) is 1. The van der Waals surface area contributed by atoms with Gasteiger partial charge in [-0.05, 0) is 76.6 Å². The van der Waals surface area contributed by atoms with Crippen molar-refractivity contribution in [1.29, 1.82) is 0 Å². The Morgan fingerprint density at radius 3 is 2.18 bits per heavy atom. The van der Waals surface area contributed by atoms with Crippen LogP contribution >= 0.6 is 0 Å². The van der Waals surface area contributed by atoms with Gasteiger partial charge in [0.2, 0.25) is 0 Å². The fraction of sp³-hybridized carbons (Fsp3) is 0.519. The van der Waals surface area contributed by atoms with E-state index in [2.05, 4.69) is 22.3 Å². The molecule has 1 aliphatic rings. The van der Waals surface area contributed by atoms with Gasteiger partial charge in [0.1, 0.15) is 5.60 Å². The minimum absolute atomic E-state index is 0.132. The van der Waals surface area contributed by atoms with Crippen LogP contribution in [-0.4, -0.2) is 56.4 Å². The summed E-state index contributed by atoms with van der Waals surface area (Å²) in [7, 11) is -3.30. The first-order valence-corrected chi connectivity index (χ1v) is 13.8. The van der Waals surface area contributed by atoms with Crippen molar-refractivity contribution in [2.45, 2.75) is 68.9 Å². The quantitative estimate of drug-likeness (QED) is 0.539. The van der Waals surface area contributed by atoms with Gasteiger partial charge in [-0.15, -0.1) is 0 Å². The highest BCUT2D eigenvalue weighted by Crippen LogP contribution is 2.26. The third-order valence-electron chi connectivity index (χ3n) is 6.21. The molecule has 6 nitrogen and oxygen atoms in total. The second-order valence-corrected chi connectivity index (χ2v) is 12.2. The molecule has 2 aromatic rings. The summed E-state index contributed by atoms with van der Waals surface area (Å²) >= 11 is 0. The Morgan fingerprint density at radius 1 is 1.00 bits per heavy atom. The van der Waals surface area contributed by atoms with Crippen LogP contribution in [0.2, 0.25) is 0 Å². The minimum Gasteiger partial charge on any atom is -0.444 e. The van der Waals surface area contributed by atoms with Gasteiger partial charge in [0, 0.05) is 19.1 Å². The number of likely N-dealkylation sites (tertiary alicyclic amines) is 1. The average molecular weight is 487 g/mol. The molecule has 1 amide bonds. The van der Waals surface area contributed by atoms with Crippen LogP contribution in [0.15, 0.2) is 65.6 Å². The Balaban J connectivity index is 1.52. The molecular formula is C27H38N2O4S. The number of ether oxygens (including phenoxy) is 1. The Kier molecular flexibility index (Phi) is 9.14. The second-order valence-electron chi connectivity index (χ2n) is 10.1. The van der Waals surface area contributed by atoms with Crippen LogP contribution < -0.4 is 5.32 Å². The van der Waals surface area contributed by atoms with Crippen molar-refractivity contribution in [3.8, 4) is 0 Å². The number of alkyl carbamates (subject to hydrolysis) is 1. The maximum absolute atomic E-state index is 12.8. The van der Waals surface area contributed by atoms with E-state index in [1.54, 1.807) is 24.3 Å². The first kappa shape index (κ1) is 26.2. The van der Waals surface area contributed by atoms with Crippen molar-refractivity contribution in [2.24, 2.45) is 0 Å². The molecule has 186 valence electrons. The molecule has 1 heterocycles. The topological polar surface area (TPSA) is 75.7 Å². The first-order valence-electron chi connectivity index (χ1n) is 12.2. The van der Waals surface area contributed by atoms with Gasteiger partial charge >= 0.3 is 6.09 Å². The molecule has 0 saturated carbocycles. The normalized spacial score (nSPS) is 16.7. The molecule has 1 aliphatic heterocycles. The van der Waals surface area contributed by atoms with Gasteiger partial charge in [-0.1, -0.05) is 48.5 Å². The lowest BCUT2D eigenvalue weighted by molar-refractivity contribution is 0.0478. The molecule has 1 N–H and O–H groups in total. The van der Waals surface area contributed by atoms with Crippen LogP contribution in [0.5, 0.6) is 0 Å². The van der Waals surface area contributed by atoms with E-state index in [9.17, 15) is 13.2 Å². The van der Waals surface area contributed by atoms with Gasteiger partial charge in [-0.2, -0.15) is 0 Å². The lowest BCUT2D eigenvalue weighted by Crippen LogP contribution is -2.46. The smallest absolute Gasteiger partial charge is 0.407 e. The number of carbonyl (C=O) groups excluding carboxylic acids is 1. The van der Waals surface area contributed by atoms with Crippen molar-refractivity contribution in [3.05, 3.63) is 66.2 Å². The number of carbonyl (C=O) groups is 1. The molecule has 34 heavy (non-hydrogen) atoms. The van der Waals surface area contributed by atoms with Gasteiger partial charge in [-0.25, -0.2) is 13.2 Å². The molecule has 1 fully saturated rings. The molecule has 0 bridgehead atoms. The van der Waals surface area contributed by atoms with Crippen LogP contribution in [0, 0.1) is 0 Å². The van der Waals surface area contributed by atoms with E-state index < -0.39 is 15.4 Å². The molecule has 0 spiro atoms. The highest BCUT2D eigenvalue weighted by Gasteiger charge is 2.25. The monoisotopic (exact) mass is 486 g/mol. The predicted octanol–water partition coefficient (Wildman–Crippen LogP) is 5.01. The van der Waals surface area contributed by atoms with Crippen LogP contribution in [-0.2, 0) is 14.6 Å². The van der Waals surface area contributed by atoms with Gasteiger partial charge in [0.15, 0.2) is 9.84 Å².